The van der Waals surface area contributed by atoms with Gasteiger partial charge in [0.1, 0.15) is 0 Å². The minimum atomic E-state index is 0.121. The molecule has 1 fully saturated rings. The Hall–Kier alpha value is -3.22. The Morgan fingerprint density at radius 1 is 1.03 bits per heavy atom. The van der Waals surface area contributed by atoms with E-state index in [1.165, 1.54) is 16.3 Å². The van der Waals surface area contributed by atoms with E-state index in [1.807, 2.05) is 17.0 Å². The molecule has 1 aromatic heterocycles. The van der Waals surface area contributed by atoms with Crippen LogP contribution in [-0.4, -0.2) is 48.5 Å². The van der Waals surface area contributed by atoms with E-state index in [2.05, 4.69) is 77.1 Å². The Morgan fingerprint density at radius 2 is 1.79 bits per heavy atom. The number of hydrogen-bond acceptors (Lipinski definition) is 5. The van der Waals surface area contributed by atoms with Crippen LogP contribution in [0.25, 0.3) is 22.0 Å². The van der Waals surface area contributed by atoms with Gasteiger partial charge in [0.05, 0.1) is 5.69 Å². The SMILES string of the molecule is CCN(Cc1ccc(C(=O)N2CCNCC2)cc1)c1nc(-c2ccc3ccccc3c2)cs1. The van der Waals surface area contributed by atoms with Gasteiger partial charge in [-0.15, -0.1) is 11.3 Å². The highest BCUT2D eigenvalue weighted by Crippen LogP contribution is 2.30. The lowest BCUT2D eigenvalue weighted by atomic mass is 10.1. The van der Waals surface area contributed by atoms with Gasteiger partial charge in [0.15, 0.2) is 5.13 Å². The second-order valence-corrected chi connectivity index (χ2v) is 9.17. The van der Waals surface area contributed by atoms with Crippen LogP contribution in [0.2, 0.25) is 0 Å². The molecule has 0 unspecified atom stereocenters. The number of carbonyl (C=O) groups excluding carboxylic acids is 1. The highest BCUT2D eigenvalue weighted by Gasteiger charge is 2.18. The predicted octanol–water partition coefficient (Wildman–Crippen LogP) is 5.04. The summed E-state index contributed by atoms with van der Waals surface area (Å²) in [6.45, 7) is 7.06. The largest absolute Gasteiger partial charge is 0.344 e. The molecular weight excluding hydrogens is 428 g/mol. The summed E-state index contributed by atoms with van der Waals surface area (Å²) in [5, 5.41) is 8.91. The standard InChI is InChI=1S/C27H28N4OS/c1-2-30(18-20-7-9-22(10-8-20)26(32)31-15-13-28-14-16-31)27-29-25(19-33-27)24-12-11-21-5-3-4-6-23(21)17-24/h3-12,17,19,28H,2,13-16,18H2,1H3. The lowest BCUT2D eigenvalue weighted by Crippen LogP contribution is -2.46. The molecule has 0 saturated carbocycles. The maximum atomic E-state index is 12.7. The molecule has 0 atom stereocenters. The molecule has 1 saturated heterocycles. The number of anilines is 1. The number of hydrogen-bond donors (Lipinski definition) is 1. The second-order valence-electron chi connectivity index (χ2n) is 8.33. The first-order valence-corrected chi connectivity index (χ1v) is 12.4. The summed E-state index contributed by atoms with van der Waals surface area (Å²) in [4.78, 5) is 21.9. The van der Waals surface area contributed by atoms with Crippen molar-refractivity contribution in [1.29, 1.82) is 0 Å². The zero-order chi connectivity index (χ0) is 22.6. The van der Waals surface area contributed by atoms with Crippen LogP contribution in [0.15, 0.2) is 72.1 Å². The van der Waals surface area contributed by atoms with Gasteiger partial charge in [-0.3, -0.25) is 4.79 Å². The average molecular weight is 457 g/mol. The fourth-order valence-corrected chi connectivity index (χ4v) is 5.13. The Morgan fingerprint density at radius 3 is 2.55 bits per heavy atom. The predicted molar refractivity (Wildman–Crippen MR) is 137 cm³/mol. The fourth-order valence-electron chi connectivity index (χ4n) is 4.23. The van der Waals surface area contributed by atoms with Crippen LogP contribution >= 0.6 is 11.3 Å². The van der Waals surface area contributed by atoms with Crippen molar-refractivity contribution >= 4 is 33.1 Å². The zero-order valence-electron chi connectivity index (χ0n) is 18.8. The van der Waals surface area contributed by atoms with E-state index in [9.17, 15) is 4.79 Å². The molecule has 4 aromatic rings. The summed E-state index contributed by atoms with van der Waals surface area (Å²) < 4.78 is 0. The molecule has 1 aliphatic rings. The van der Waals surface area contributed by atoms with Gasteiger partial charge in [-0.2, -0.15) is 0 Å². The minimum absolute atomic E-state index is 0.121. The van der Waals surface area contributed by atoms with Crippen molar-refractivity contribution in [2.75, 3.05) is 37.6 Å². The van der Waals surface area contributed by atoms with Gasteiger partial charge in [-0.25, -0.2) is 4.98 Å². The maximum absolute atomic E-state index is 12.7. The summed E-state index contributed by atoms with van der Waals surface area (Å²) in [6, 6.07) is 23.0. The lowest BCUT2D eigenvalue weighted by Gasteiger charge is -2.27. The molecule has 5 rings (SSSR count). The summed E-state index contributed by atoms with van der Waals surface area (Å²) in [5.74, 6) is 0.121. The third-order valence-corrected chi connectivity index (χ3v) is 7.07. The Kier molecular flexibility index (Phi) is 6.37. The van der Waals surface area contributed by atoms with Crippen LogP contribution in [0.5, 0.6) is 0 Å². The normalized spacial score (nSPS) is 13.9. The highest BCUT2D eigenvalue weighted by atomic mass is 32.1. The van der Waals surface area contributed by atoms with E-state index in [-0.39, 0.29) is 5.91 Å². The molecule has 6 heteroatoms. The Balaban J connectivity index is 1.29. The number of nitrogens with zero attached hydrogens (tertiary/aromatic N) is 3. The molecule has 0 bridgehead atoms. The number of nitrogens with one attached hydrogen (secondary N) is 1. The quantitative estimate of drug-likeness (QED) is 0.442. The number of fused-ring (bicyclic) bond motifs is 1. The van der Waals surface area contributed by atoms with Crippen LogP contribution in [0.1, 0.15) is 22.8 Å². The van der Waals surface area contributed by atoms with Crippen molar-refractivity contribution in [3.63, 3.8) is 0 Å². The number of amides is 1. The molecule has 0 spiro atoms. The molecule has 5 nitrogen and oxygen atoms in total. The topological polar surface area (TPSA) is 48.5 Å². The summed E-state index contributed by atoms with van der Waals surface area (Å²) in [6.07, 6.45) is 0. The van der Waals surface area contributed by atoms with E-state index < -0.39 is 0 Å². The molecule has 168 valence electrons. The first kappa shape index (κ1) is 21.6. The minimum Gasteiger partial charge on any atom is -0.344 e. The van der Waals surface area contributed by atoms with Crippen LogP contribution in [0, 0.1) is 0 Å². The van der Waals surface area contributed by atoms with Crippen molar-refractivity contribution < 1.29 is 4.79 Å². The van der Waals surface area contributed by atoms with E-state index in [4.69, 9.17) is 4.98 Å². The van der Waals surface area contributed by atoms with Crippen LogP contribution in [0.4, 0.5) is 5.13 Å². The van der Waals surface area contributed by atoms with Crippen molar-refractivity contribution in [2.45, 2.75) is 13.5 Å². The van der Waals surface area contributed by atoms with Gasteiger partial charge in [0.2, 0.25) is 0 Å². The van der Waals surface area contributed by atoms with Crippen molar-refractivity contribution in [2.24, 2.45) is 0 Å². The number of benzene rings is 3. The van der Waals surface area contributed by atoms with Crippen LogP contribution in [0.3, 0.4) is 0 Å². The second kappa shape index (κ2) is 9.73. The number of thiazole rings is 1. The molecule has 3 aromatic carbocycles. The van der Waals surface area contributed by atoms with E-state index in [0.29, 0.717) is 0 Å². The van der Waals surface area contributed by atoms with E-state index >= 15 is 0 Å². The number of carbonyl (C=O) groups is 1. The lowest BCUT2D eigenvalue weighted by molar-refractivity contribution is 0.0736. The van der Waals surface area contributed by atoms with E-state index in [1.54, 1.807) is 11.3 Å². The molecule has 0 radical (unpaired) electrons. The molecule has 1 N–H and O–H groups in total. The summed E-state index contributed by atoms with van der Waals surface area (Å²) in [5.41, 5.74) is 4.09. The molecular formula is C27H28N4OS. The molecule has 0 aliphatic carbocycles. The highest BCUT2D eigenvalue weighted by molar-refractivity contribution is 7.14. The van der Waals surface area contributed by atoms with Gasteiger partial charge in [0, 0.05) is 55.8 Å². The van der Waals surface area contributed by atoms with Crippen LogP contribution < -0.4 is 10.2 Å². The fraction of sp³-hybridized carbons (Fsp3) is 0.259. The average Bonchev–Trinajstić information content (AvgIpc) is 3.37. The van der Waals surface area contributed by atoms with Crippen molar-refractivity contribution in [1.82, 2.24) is 15.2 Å². The number of aromatic nitrogens is 1. The van der Waals surface area contributed by atoms with E-state index in [0.717, 1.165) is 61.2 Å². The maximum Gasteiger partial charge on any atom is 0.253 e. The third kappa shape index (κ3) is 4.77. The molecule has 33 heavy (non-hydrogen) atoms. The van der Waals surface area contributed by atoms with Gasteiger partial charge in [0.25, 0.3) is 5.91 Å². The van der Waals surface area contributed by atoms with Gasteiger partial charge < -0.3 is 15.1 Å². The van der Waals surface area contributed by atoms with Gasteiger partial charge >= 0.3 is 0 Å². The van der Waals surface area contributed by atoms with Gasteiger partial charge in [-0.1, -0.05) is 48.5 Å². The summed E-state index contributed by atoms with van der Waals surface area (Å²) >= 11 is 1.68. The zero-order valence-corrected chi connectivity index (χ0v) is 19.6. The Bertz CT molecular complexity index is 1240. The third-order valence-electron chi connectivity index (χ3n) is 6.17. The van der Waals surface area contributed by atoms with Gasteiger partial charge in [-0.05, 0) is 41.5 Å². The summed E-state index contributed by atoms with van der Waals surface area (Å²) in [7, 11) is 0. The monoisotopic (exact) mass is 456 g/mol. The molecule has 1 amide bonds. The first-order chi connectivity index (χ1) is 16.2. The van der Waals surface area contributed by atoms with Crippen LogP contribution in [-0.2, 0) is 6.54 Å². The van der Waals surface area contributed by atoms with Crippen molar-refractivity contribution in [3.05, 3.63) is 83.2 Å². The number of rotatable bonds is 6. The molecule has 1 aliphatic heterocycles. The first-order valence-electron chi connectivity index (χ1n) is 11.5. The smallest absolute Gasteiger partial charge is 0.253 e. The number of piperazine rings is 1. The molecule has 2 heterocycles. The van der Waals surface area contributed by atoms with Crippen molar-refractivity contribution in [3.8, 4) is 11.3 Å². The Labute approximate surface area is 198 Å².